The molecule has 0 aliphatic carbocycles. The molecule has 0 spiro atoms. The minimum atomic E-state index is -0.287. The number of nitrogens with zero attached hydrogens (tertiary/aromatic N) is 5. The van der Waals surface area contributed by atoms with Gasteiger partial charge in [-0.3, -0.25) is 0 Å². The number of aryl methyl sites for hydroxylation is 1. The predicted molar refractivity (Wildman–Crippen MR) is 77.4 cm³/mol. The highest BCUT2D eigenvalue weighted by molar-refractivity contribution is 6.30. The largest absolute Gasteiger partial charge is 0.457 e. The van der Waals surface area contributed by atoms with Gasteiger partial charge in [-0.15, -0.1) is 5.10 Å². The van der Waals surface area contributed by atoms with Gasteiger partial charge in [0, 0.05) is 0 Å². The topological polar surface area (TPSA) is 65.7 Å². The van der Waals surface area contributed by atoms with Crippen LogP contribution in [0, 0.1) is 12.7 Å². The molecule has 1 aromatic carbocycles. The monoisotopic (exact) mass is 319 g/mol. The lowest BCUT2D eigenvalue weighted by atomic mass is 10.2. The third-order valence-corrected chi connectivity index (χ3v) is 3.09. The van der Waals surface area contributed by atoms with Crippen LogP contribution in [0.1, 0.15) is 11.3 Å². The van der Waals surface area contributed by atoms with Gasteiger partial charge in [-0.2, -0.15) is 0 Å². The Hall–Kier alpha value is -2.54. The maximum atomic E-state index is 13.1. The summed E-state index contributed by atoms with van der Waals surface area (Å²) in [7, 11) is 0. The highest BCUT2D eigenvalue weighted by Crippen LogP contribution is 2.15. The van der Waals surface area contributed by atoms with Gasteiger partial charge in [0.05, 0.1) is 29.3 Å². The number of rotatable bonds is 4. The van der Waals surface area contributed by atoms with Crippen molar-refractivity contribution in [3.63, 3.8) is 0 Å². The number of halogens is 2. The van der Waals surface area contributed by atoms with Gasteiger partial charge in [0.1, 0.15) is 18.1 Å². The van der Waals surface area contributed by atoms with E-state index >= 15 is 0 Å². The summed E-state index contributed by atoms with van der Waals surface area (Å²) in [5.41, 5.74) is 2.11. The second-order valence-corrected chi connectivity index (χ2v) is 4.99. The van der Waals surface area contributed by atoms with Gasteiger partial charge in [0.2, 0.25) is 0 Å². The molecule has 8 heteroatoms. The summed E-state index contributed by atoms with van der Waals surface area (Å²) in [4.78, 5) is 7.84. The average Bonchev–Trinajstić information content (AvgIpc) is 2.95. The Labute approximate surface area is 130 Å². The van der Waals surface area contributed by atoms with Crippen molar-refractivity contribution in [2.75, 3.05) is 0 Å². The molecule has 2 heterocycles. The standard InChI is InChI=1S/C14H11ClFN5O/c1-9-4-11(16)2-3-13(9)21-7-12(19-20-21)8-22-14-17-5-10(15)6-18-14/h2-7H,8H2,1H3. The Kier molecular flexibility index (Phi) is 3.97. The first-order valence-corrected chi connectivity index (χ1v) is 6.78. The first kappa shape index (κ1) is 14.4. The van der Waals surface area contributed by atoms with E-state index in [2.05, 4.69) is 20.3 Å². The molecule has 22 heavy (non-hydrogen) atoms. The lowest BCUT2D eigenvalue weighted by Gasteiger charge is -2.04. The molecule has 0 N–H and O–H groups in total. The normalized spacial score (nSPS) is 10.7. The lowest BCUT2D eigenvalue weighted by molar-refractivity contribution is 0.276. The van der Waals surface area contributed by atoms with E-state index in [-0.39, 0.29) is 18.4 Å². The average molecular weight is 320 g/mol. The van der Waals surface area contributed by atoms with Crippen molar-refractivity contribution >= 4 is 11.6 Å². The summed E-state index contributed by atoms with van der Waals surface area (Å²) in [5.74, 6) is -0.287. The molecule has 112 valence electrons. The molecule has 0 amide bonds. The summed E-state index contributed by atoms with van der Waals surface area (Å²) in [6.45, 7) is 1.97. The Morgan fingerprint density at radius 1 is 1.27 bits per heavy atom. The predicted octanol–water partition coefficient (Wildman–Crippen LogP) is 2.74. The molecule has 0 radical (unpaired) electrons. The van der Waals surface area contributed by atoms with Gasteiger partial charge >= 0.3 is 6.01 Å². The Morgan fingerprint density at radius 2 is 2.05 bits per heavy atom. The summed E-state index contributed by atoms with van der Waals surface area (Å²) >= 11 is 5.69. The first-order chi connectivity index (χ1) is 10.6. The third kappa shape index (κ3) is 3.20. The van der Waals surface area contributed by atoms with Gasteiger partial charge in [-0.25, -0.2) is 19.0 Å². The highest BCUT2D eigenvalue weighted by Gasteiger charge is 2.07. The van der Waals surface area contributed by atoms with Crippen LogP contribution in [0.25, 0.3) is 5.69 Å². The van der Waals surface area contributed by atoms with E-state index in [0.717, 1.165) is 11.3 Å². The maximum Gasteiger partial charge on any atom is 0.316 e. The Balaban J connectivity index is 1.72. The van der Waals surface area contributed by atoms with E-state index in [1.807, 2.05) is 0 Å². The quantitative estimate of drug-likeness (QED) is 0.739. The summed E-state index contributed by atoms with van der Waals surface area (Å²) in [6.07, 6.45) is 4.60. The van der Waals surface area contributed by atoms with Gasteiger partial charge in [0.15, 0.2) is 0 Å². The minimum Gasteiger partial charge on any atom is -0.457 e. The van der Waals surface area contributed by atoms with E-state index in [9.17, 15) is 4.39 Å². The number of aromatic nitrogens is 5. The van der Waals surface area contributed by atoms with Crippen LogP contribution in [-0.4, -0.2) is 25.0 Å². The second kappa shape index (κ2) is 6.07. The highest BCUT2D eigenvalue weighted by atomic mass is 35.5. The summed E-state index contributed by atoms with van der Waals surface area (Å²) in [6, 6.07) is 4.67. The Bertz CT molecular complexity index is 790. The zero-order valence-corrected chi connectivity index (χ0v) is 12.3. The van der Waals surface area contributed by atoms with Crippen molar-refractivity contribution in [2.45, 2.75) is 13.5 Å². The van der Waals surface area contributed by atoms with Crippen LogP contribution >= 0.6 is 11.6 Å². The number of hydrogen-bond donors (Lipinski definition) is 0. The van der Waals surface area contributed by atoms with E-state index in [0.29, 0.717) is 10.7 Å². The van der Waals surface area contributed by atoms with Gasteiger partial charge in [-0.1, -0.05) is 16.8 Å². The smallest absolute Gasteiger partial charge is 0.316 e. The number of benzene rings is 1. The molecule has 0 saturated heterocycles. The SMILES string of the molecule is Cc1cc(F)ccc1-n1cc(COc2ncc(Cl)cn2)nn1. The van der Waals surface area contributed by atoms with Crippen LogP contribution in [0.15, 0.2) is 36.8 Å². The van der Waals surface area contributed by atoms with Gasteiger partial charge in [-0.05, 0) is 30.7 Å². The summed E-state index contributed by atoms with van der Waals surface area (Å²) < 4.78 is 20.1. The molecule has 0 aliphatic rings. The molecule has 0 atom stereocenters. The van der Waals surface area contributed by atoms with Crippen LogP contribution in [0.2, 0.25) is 5.02 Å². The zero-order chi connectivity index (χ0) is 15.5. The van der Waals surface area contributed by atoms with Crippen molar-refractivity contribution in [3.8, 4) is 11.7 Å². The molecular formula is C14H11ClFN5O. The van der Waals surface area contributed by atoms with Crippen molar-refractivity contribution in [1.29, 1.82) is 0 Å². The fourth-order valence-corrected chi connectivity index (χ4v) is 1.97. The molecule has 0 fully saturated rings. The molecule has 6 nitrogen and oxygen atoms in total. The van der Waals surface area contributed by atoms with Gasteiger partial charge < -0.3 is 4.74 Å². The lowest BCUT2D eigenvalue weighted by Crippen LogP contribution is -1.99. The van der Waals surface area contributed by atoms with E-state index in [4.69, 9.17) is 16.3 Å². The van der Waals surface area contributed by atoms with Crippen LogP contribution in [0.4, 0.5) is 4.39 Å². The molecular weight excluding hydrogens is 309 g/mol. The summed E-state index contributed by atoms with van der Waals surface area (Å²) in [5, 5.41) is 8.44. The van der Waals surface area contributed by atoms with Crippen LogP contribution in [0.5, 0.6) is 6.01 Å². The number of hydrogen-bond acceptors (Lipinski definition) is 5. The minimum absolute atomic E-state index is 0.169. The van der Waals surface area contributed by atoms with Crippen LogP contribution in [0.3, 0.4) is 0 Å². The van der Waals surface area contributed by atoms with Crippen LogP contribution in [-0.2, 0) is 6.61 Å². The van der Waals surface area contributed by atoms with Crippen molar-refractivity contribution < 1.29 is 9.13 Å². The molecule has 0 unspecified atom stereocenters. The van der Waals surface area contributed by atoms with Crippen molar-refractivity contribution in [3.05, 3.63) is 58.9 Å². The third-order valence-electron chi connectivity index (χ3n) is 2.89. The zero-order valence-electron chi connectivity index (χ0n) is 11.6. The molecule has 2 aromatic heterocycles. The van der Waals surface area contributed by atoms with Crippen molar-refractivity contribution in [1.82, 2.24) is 25.0 Å². The van der Waals surface area contributed by atoms with Gasteiger partial charge in [0.25, 0.3) is 0 Å². The molecule has 0 saturated carbocycles. The first-order valence-electron chi connectivity index (χ1n) is 6.40. The van der Waals surface area contributed by atoms with E-state index in [1.165, 1.54) is 24.5 Å². The van der Waals surface area contributed by atoms with Crippen LogP contribution < -0.4 is 4.74 Å². The fourth-order valence-electron chi connectivity index (χ4n) is 1.87. The fraction of sp³-hybridized carbons (Fsp3) is 0.143. The van der Waals surface area contributed by atoms with Crippen molar-refractivity contribution in [2.24, 2.45) is 0 Å². The number of ether oxygens (including phenoxy) is 1. The molecule has 3 rings (SSSR count). The molecule has 0 bridgehead atoms. The second-order valence-electron chi connectivity index (χ2n) is 4.56. The maximum absolute atomic E-state index is 13.1. The van der Waals surface area contributed by atoms with E-state index < -0.39 is 0 Å². The van der Waals surface area contributed by atoms with E-state index in [1.54, 1.807) is 23.9 Å². The molecule has 0 aliphatic heterocycles. The molecule has 3 aromatic rings. The Morgan fingerprint density at radius 3 is 2.77 bits per heavy atom.